The van der Waals surface area contributed by atoms with Crippen LogP contribution in [0.1, 0.15) is 17.2 Å². The van der Waals surface area contributed by atoms with Crippen LogP contribution in [-0.4, -0.2) is 12.8 Å². The second-order valence-corrected chi connectivity index (χ2v) is 6.86. The van der Waals surface area contributed by atoms with E-state index < -0.39 is 0 Å². The zero-order valence-electron chi connectivity index (χ0n) is 15.3. The van der Waals surface area contributed by atoms with Gasteiger partial charge in [0.15, 0.2) is 0 Å². The molecule has 1 unspecified atom stereocenters. The van der Waals surface area contributed by atoms with E-state index in [4.69, 9.17) is 6.42 Å². The van der Waals surface area contributed by atoms with Crippen LogP contribution in [-0.2, 0) is 0 Å². The molecular formula is C25H21NS. The second kappa shape index (κ2) is 9.58. The summed E-state index contributed by atoms with van der Waals surface area (Å²) in [5, 5.41) is 0. The van der Waals surface area contributed by atoms with Gasteiger partial charge in [-0.05, 0) is 48.2 Å². The molecule has 1 atom stereocenters. The van der Waals surface area contributed by atoms with Gasteiger partial charge < -0.3 is 4.90 Å². The molecule has 3 rings (SSSR count). The average Bonchev–Trinajstić information content (AvgIpc) is 2.75. The van der Waals surface area contributed by atoms with Crippen LogP contribution in [0.5, 0.6) is 0 Å². The predicted octanol–water partition coefficient (Wildman–Crippen LogP) is 5.64. The van der Waals surface area contributed by atoms with E-state index in [-0.39, 0.29) is 6.04 Å². The molecule has 0 aliphatic heterocycles. The Morgan fingerprint density at radius 3 is 2.11 bits per heavy atom. The number of para-hydroxylation sites is 1. The maximum absolute atomic E-state index is 5.69. The SMILES string of the molecule is C#CCN(c1ccccc1)C(C#Cc1ccccc1)c1ccc(SC)cc1. The Bertz CT molecular complexity index is 944. The maximum atomic E-state index is 5.69. The van der Waals surface area contributed by atoms with Gasteiger partial charge in [0.2, 0.25) is 0 Å². The Balaban J connectivity index is 2.04. The monoisotopic (exact) mass is 367 g/mol. The van der Waals surface area contributed by atoms with Crippen LogP contribution in [0.25, 0.3) is 0 Å². The van der Waals surface area contributed by atoms with Crippen LogP contribution < -0.4 is 4.90 Å². The molecule has 0 heterocycles. The van der Waals surface area contributed by atoms with Gasteiger partial charge in [0, 0.05) is 16.1 Å². The molecule has 0 amide bonds. The third kappa shape index (κ3) is 4.98. The zero-order valence-corrected chi connectivity index (χ0v) is 16.1. The molecular weight excluding hydrogens is 346 g/mol. The van der Waals surface area contributed by atoms with Crippen LogP contribution >= 0.6 is 11.8 Å². The van der Waals surface area contributed by atoms with Gasteiger partial charge in [-0.25, -0.2) is 0 Å². The molecule has 0 fully saturated rings. The van der Waals surface area contributed by atoms with Crippen molar-refractivity contribution >= 4 is 17.4 Å². The first-order chi connectivity index (χ1) is 13.3. The summed E-state index contributed by atoms with van der Waals surface area (Å²) in [5.74, 6) is 9.55. The fourth-order valence-corrected chi connectivity index (χ4v) is 3.26. The molecule has 3 aromatic carbocycles. The lowest BCUT2D eigenvalue weighted by molar-refractivity contribution is 0.799. The van der Waals surface area contributed by atoms with Crippen LogP contribution in [0.15, 0.2) is 89.8 Å². The van der Waals surface area contributed by atoms with E-state index in [1.54, 1.807) is 11.8 Å². The fraction of sp³-hybridized carbons (Fsp3) is 0.120. The summed E-state index contributed by atoms with van der Waals surface area (Å²) >= 11 is 1.73. The molecule has 0 bridgehead atoms. The Hall–Kier alpha value is -3.07. The normalized spacial score (nSPS) is 11.0. The lowest BCUT2D eigenvalue weighted by Gasteiger charge is -2.29. The number of thioether (sulfide) groups is 1. The molecule has 1 nitrogen and oxygen atoms in total. The molecule has 0 spiro atoms. The quantitative estimate of drug-likeness (QED) is 0.424. The Kier molecular flexibility index (Phi) is 6.64. The number of hydrogen-bond acceptors (Lipinski definition) is 2. The summed E-state index contributed by atoms with van der Waals surface area (Å²) < 4.78 is 0. The molecule has 0 aliphatic rings. The standard InChI is InChI=1S/C25H21NS/c1-3-20-26(23-12-8-5-9-13-23)25(19-14-21-10-6-4-7-11-21)22-15-17-24(27-2)18-16-22/h1,4-13,15-18,25H,20H2,2H3. The first-order valence-electron chi connectivity index (χ1n) is 8.77. The van der Waals surface area contributed by atoms with Gasteiger partial charge in [0.05, 0.1) is 6.54 Å². The molecule has 3 aromatic rings. The van der Waals surface area contributed by atoms with Crippen molar-refractivity contribution in [3.05, 3.63) is 96.1 Å². The third-order valence-corrected chi connectivity index (χ3v) is 4.96. The first kappa shape index (κ1) is 18.7. The highest BCUT2D eigenvalue weighted by atomic mass is 32.2. The van der Waals surface area contributed by atoms with Crippen molar-refractivity contribution in [2.24, 2.45) is 0 Å². The van der Waals surface area contributed by atoms with Crippen molar-refractivity contribution in [3.63, 3.8) is 0 Å². The molecule has 132 valence electrons. The molecule has 27 heavy (non-hydrogen) atoms. The lowest BCUT2D eigenvalue weighted by Crippen LogP contribution is -2.28. The van der Waals surface area contributed by atoms with Gasteiger partial charge >= 0.3 is 0 Å². The highest BCUT2D eigenvalue weighted by Gasteiger charge is 2.18. The van der Waals surface area contributed by atoms with Gasteiger partial charge in [0.25, 0.3) is 0 Å². The van der Waals surface area contributed by atoms with Crippen molar-refractivity contribution in [1.82, 2.24) is 0 Å². The number of nitrogens with zero attached hydrogens (tertiary/aromatic N) is 1. The average molecular weight is 368 g/mol. The van der Waals surface area contributed by atoms with E-state index in [2.05, 4.69) is 65.3 Å². The summed E-state index contributed by atoms with van der Waals surface area (Å²) in [6.45, 7) is 0.489. The number of terminal acetylenes is 1. The minimum Gasteiger partial charge on any atom is -0.342 e. The Morgan fingerprint density at radius 1 is 0.889 bits per heavy atom. The zero-order chi connectivity index (χ0) is 18.9. The van der Waals surface area contributed by atoms with Gasteiger partial charge in [-0.15, -0.1) is 18.2 Å². The molecule has 2 heteroatoms. The summed E-state index contributed by atoms with van der Waals surface area (Å²) in [6.07, 6.45) is 7.77. The van der Waals surface area contributed by atoms with Crippen molar-refractivity contribution in [1.29, 1.82) is 0 Å². The summed E-state index contributed by atoms with van der Waals surface area (Å²) in [6, 6.07) is 28.7. The number of rotatable bonds is 5. The van der Waals surface area contributed by atoms with E-state index in [1.165, 1.54) is 4.90 Å². The van der Waals surface area contributed by atoms with Gasteiger partial charge in [-0.2, -0.15) is 0 Å². The van der Waals surface area contributed by atoms with Gasteiger partial charge in [-0.1, -0.05) is 66.3 Å². The van der Waals surface area contributed by atoms with Crippen molar-refractivity contribution in [2.45, 2.75) is 10.9 Å². The van der Waals surface area contributed by atoms with Crippen molar-refractivity contribution in [2.75, 3.05) is 17.7 Å². The third-order valence-electron chi connectivity index (χ3n) is 4.22. The number of hydrogen-bond donors (Lipinski definition) is 0. The topological polar surface area (TPSA) is 3.24 Å². The first-order valence-corrected chi connectivity index (χ1v) is 10.00. The molecule has 0 aliphatic carbocycles. The lowest BCUT2D eigenvalue weighted by atomic mass is 10.0. The molecule has 0 aromatic heterocycles. The van der Waals surface area contributed by atoms with E-state index in [9.17, 15) is 0 Å². The highest BCUT2D eigenvalue weighted by molar-refractivity contribution is 7.98. The number of benzene rings is 3. The summed E-state index contributed by atoms with van der Waals surface area (Å²) in [5.41, 5.74) is 3.20. The largest absolute Gasteiger partial charge is 0.342 e. The minimum absolute atomic E-state index is 0.125. The second-order valence-electron chi connectivity index (χ2n) is 5.98. The van der Waals surface area contributed by atoms with Crippen LogP contribution in [0, 0.1) is 24.2 Å². The van der Waals surface area contributed by atoms with E-state index in [0.717, 1.165) is 16.8 Å². The molecule has 0 saturated carbocycles. The Labute approximate surface area is 166 Å². The molecule has 0 saturated heterocycles. The predicted molar refractivity (Wildman–Crippen MR) is 117 cm³/mol. The van der Waals surface area contributed by atoms with Crippen LogP contribution in [0.2, 0.25) is 0 Å². The summed E-state index contributed by atoms with van der Waals surface area (Å²) in [4.78, 5) is 3.40. The highest BCUT2D eigenvalue weighted by Crippen LogP contribution is 2.28. The van der Waals surface area contributed by atoms with Gasteiger partial charge in [-0.3, -0.25) is 0 Å². The van der Waals surface area contributed by atoms with Gasteiger partial charge in [0.1, 0.15) is 6.04 Å². The van der Waals surface area contributed by atoms with Crippen LogP contribution in [0.3, 0.4) is 0 Å². The fourth-order valence-electron chi connectivity index (χ4n) is 2.85. The van der Waals surface area contributed by atoms with Crippen LogP contribution in [0.4, 0.5) is 5.69 Å². The smallest absolute Gasteiger partial charge is 0.117 e. The van der Waals surface area contributed by atoms with Crippen molar-refractivity contribution in [3.8, 4) is 24.2 Å². The minimum atomic E-state index is -0.125. The molecule has 0 N–H and O–H groups in total. The summed E-state index contributed by atoms with van der Waals surface area (Å²) in [7, 11) is 0. The Morgan fingerprint density at radius 2 is 1.52 bits per heavy atom. The van der Waals surface area contributed by atoms with E-state index in [1.807, 2.05) is 48.5 Å². The molecule has 0 radical (unpaired) electrons. The number of anilines is 1. The van der Waals surface area contributed by atoms with Crippen molar-refractivity contribution < 1.29 is 0 Å². The van der Waals surface area contributed by atoms with E-state index >= 15 is 0 Å². The van der Waals surface area contributed by atoms with E-state index in [0.29, 0.717) is 6.54 Å². The maximum Gasteiger partial charge on any atom is 0.117 e.